The molecule has 0 heterocycles. The van der Waals surface area contributed by atoms with E-state index in [1.165, 1.54) is 0 Å². The smallest absolute Gasteiger partial charge is 0.312 e. The molecule has 25 heavy (non-hydrogen) atoms. The number of rotatable bonds is 7. The minimum atomic E-state index is -0.650. The molecule has 1 atom stereocenters. The number of hydrogen-bond donors (Lipinski definition) is 4. The molecule has 0 saturated carbocycles. The van der Waals surface area contributed by atoms with Crippen LogP contribution in [0.3, 0.4) is 0 Å². The standard InChI is InChI=1S/C19H24N4O2/c1-13-4-2-3-5-16(13)17(23-19(21)25)12-18(24)22-11-10-14-6-8-15(20)9-7-14/h2-9,17H,10-12,20H2,1H3,(H,22,24)(H3,21,23,25). The quantitative estimate of drug-likeness (QED) is 0.579. The van der Waals surface area contributed by atoms with Crippen molar-refractivity contribution >= 4 is 17.6 Å². The van der Waals surface area contributed by atoms with E-state index >= 15 is 0 Å². The van der Waals surface area contributed by atoms with Gasteiger partial charge in [0.25, 0.3) is 0 Å². The highest BCUT2D eigenvalue weighted by Gasteiger charge is 2.18. The lowest BCUT2D eigenvalue weighted by atomic mass is 9.98. The summed E-state index contributed by atoms with van der Waals surface area (Å²) in [5, 5.41) is 5.52. The highest BCUT2D eigenvalue weighted by Crippen LogP contribution is 2.20. The van der Waals surface area contributed by atoms with Crippen molar-refractivity contribution in [2.75, 3.05) is 12.3 Å². The fraction of sp³-hybridized carbons (Fsp3) is 0.263. The summed E-state index contributed by atoms with van der Waals surface area (Å²) in [4.78, 5) is 23.5. The minimum Gasteiger partial charge on any atom is -0.399 e. The van der Waals surface area contributed by atoms with Crippen LogP contribution in [0, 0.1) is 6.92 Å². The fourth-order valence-electron chi connectivity index (χ4n) is 2.68. The molecule has 2 rings (SSSR count). The molecule has 0 aliphatic carbocycles. The molecule has 1 unspecified atom stereocenters. The summed E-state index contributed by atoms with van der Waals surface area (Å²) in [7, 11) is 0. The lowest BCUT2D eigenvalue weighted by Gasteiger charge is -2.19. The van der Waals surface area contributed by atoms with Gasteiger partial charge in [-0.1, -0.05) is 36.4 Å². The normalized spacial score (nSPS) is 11.6. The summed E-state index contributed by atoms with van der Waals surface area (Å²) in [5.74, 6) is -0.141. The van der Waals surface area contributed by atoms with Gasteiger partial charge < -0.3 is 22.1 Å². The predicted molar refractivity (Wildman–Crippen MR) is 98.8 cm³/mol. The number of nitrogen functional groups attached to an aromatic ring is 1. The van der Waals surface area contributed by atoms with Gasteiger partial charge in [0.15, 0.2) is 0 Å². The monoisotopic (exact) mass is 340 g/mol. The van der Waals surface area contributed by atoms with Crippen molar-refractivity contribution in [2.45, 2.75) is 25.8 Å². The SMILES string of the molecule is Cc1ccccc1C(CC(=O)NCCc1ccc(N)cc1)NC(N)=O. The van der Waals surface area contributed by atoms with Crippen LogP contribution in [0.15, 0.2) is 48.5 Å². The van der Waals surface area contributed by atoms with E-state index < -0.39 is 12.1 Å². The van der Waals surface area contributed by atoms with E-state index in [4.69, 9.17) is 11.5 Å². The fourth-order valence-corrected chi connectivity index (χ4v) is 2.68. The van der Waals surface area contributed by atoms with Gasteiger partial charge in [0.2, 0.25) is 5.91 Å². The number of carbonyl (C=O) groups excluding carboxylic acids is 2. The summed E-state index contributed by atoms with van der Waals surface area (Å²) in [6, 6.07) is 14.0. The Morgan fingerprint density at radius 3 is 2.40 bits per heavy atom. The van der Waals surface area contributed by atoms with Crippen LogP contribution in [0.4, 0.5) is 10.5 Å². The molecule has 0 fully saturated rings. The number of urea groups is 1. The van der Waals surface area contributed by atoms with Gasteiger partial charge in [-0.15, -0.1) is 0 Å². The van der Waals surface area contributed by atoms with Crippen LogP contribution in [-0.4, -0.2) is 18.5 Å². The number of primary amides is 1. The molecule has 6 heteroatoms. The average Bonchev–Trinajstić information content (AvgIpc) is 2.56. The molecule has 0 aromatic heterocycles. The third-order valence-electron chi connectivity index (χ3n) is 3.99. The maximum atomic E-state index is 12.2. The van der Waals surface area contributed by atoms with Gasteiger partial charge in [0.05, 0.1) is 12.5 Å². The molecule has 2 aromatic carbocycles. The maximum Gasteiger partial charge on any atom is 0.312 e. The number of aryl methyl sites for hydroxylation is 1. The van der Waals surface area contributed by atoms with Crippen molar-refractivity contribution in [2.24, 2.45) is 5.73 Å². The van der Waals surface area contributed by atoms with E-state index in [2.05, 4.69) is 10.6 Å². The second kappa shape index (κ2) is 8.73. The van der Waals surface area contributed by atoms with Crippen LogP contribution in [0.2, 0.25) is 0 Å². The topological polar surface area (TPSA) is 110 Å². The van der Waals surface area contributed by atoms with Crippen LogP contribution in [0.25, 0.3) is 0 Å². The Morgan fingerprint density at radius 2 is 1.76 bits per heavy atom. The average molecular weight is 340 g/mol. The first-order valence-electron chi connectivity index (χ1n) is 8.18. The van der Waals surface area contributed by atoms with Gasteiger partial charge in [0, 0.05) is 12.2 Å². The van der Waals surface area contributed by atoms with E-state index in [9.17, 15) is 9.59 Å². The number of carbonyl (C=O) groups is 2. The Balaban J connectivity index is 1.91. The van der Waals surface area contributed by atoms with Gasteiger partial charge in [-0.2, -0.15) is 0 Å². The highest BCUT2D eigenvalue weighted by atomic mass is 16.2. The molecular weight excluding hydrogens is 316 g/mol. The number of benzene rings is 2. The van der Waals surface area contributed by atoms with Crippen LogP contribution in [0.1, 0.15) is 29.2 Å². The van der Waals surface area contributed by atoms with E-state index in [1.807, 2.05) is 55.5 Å². The maximum absolute atomic E-state index is 12.2. The first-order chi connectivity index (χ1) is 12.0. The molecule has 0 radical (unpaired) electrons. The zero-order valence-electron chi connectivity index (χ0n) is 14.3. The Morgan fingerprint density at radius 1 is 1.08 bits per heavy atom. The second-order valence-corrected chi connectivity index (χ2v) is 5.96. The molecule has 6 N–H and O–H groups in total. The number of amides is 3. The molecule has 2 aromatic rings. The molecule has 3 amide bonds. The second-order valence-electron chi connectivity index (χ2n) is 5.96. The number of hydrogen-bond acceptors (Lipinski definition) is 3. The molecule has 0 aliphatic heterocycles. The van der Waals surface area contributed by atoms with Crippen molar-refractivity contribution in [3.05, 3.63) is 65.2 Å². The van der Waals surface area contributed by atoms with Crippen LogP contribution < -0.4 is 22.1 Å². The summed E-state index contributed by atoms with van der Waals surface area (Å²) in [6.45, 7) is 2.45. The Labute approximate surface area is 147 Å². The third-order valence-corrected chi connectivity index (χ3v) is 3.99. The molecule has 132 valence electrons. The van der Waals surface area contributed by atoms with Gasteiger partial charge in [-0.3, -0.25) is 4.79 Å². The van der Waals surface area contributed by atoms with Crippen molar-refractivity contribution in [3.8, 4) is 0 Å². The summed E-state index contributed by atoms with van der Waals surface area (Å²) in [6.07, 6.45) is 0.847. The van der Waals surface area contributed by atoms with Crippen molar-refractivity contribution in [1.82, 2.24) is 10.6 Å². The largest absolute Gasteiger partial charge is 0.399 e. The molecule has 0 bridgehead atoms. The van der Waals surface area contributed by atoms with Crippen molar-refractivity contribution < 1.29 is 9.59 Å². The molecule has 0 aliphatic rings. The molecule has 6 nitrogen and oxygen atoms in total. The number of nitrogens with one attached hydrogen (secondary N) is 2. The predicted octanol–water partition coefficient (Wildman–Crippen LogP) is 2.04. The van der Waals surface area contributed by atoms with Crippen LogP contribution >= 0.6 is 0 Å². The summed E-state index contributed by atoms with van der Waals surface area (Å²) < 4.78 is 0. The zero-order valence-corrected chi connectivity index (χ0v) is 14.3. The number of anilines is 1. The van der Waals surface area contributed by atoms with Crippen LogP contribution in [-0.2, 0) is 11.2 Å². The van der Waals surface area contributed by atoms with E-state index in [0.717, 1.165) is 16.7 Å². The highest BCUT2D eigenvalue weighted by molar-refractivity contribution is 5.78. The van der Waals surface area contributed by atoms with Gasteiger partial charge >= 0.3 is 6.03 Å². The Kier molecular flexibility index (Phi) is 6.39. The number of nitrogens with two attached hydrogens (primary N) is 2. The molecule has 0 saturated heterocycles. The van der Waals surface area contributed by atoms with Gasteiger partial charge in [-0.05, 0) is 42.2 Å². The van der Waals surface area contributed by atoms with Crippen molar-refractivity contribution in [3.63, 3.8) is 0 Å². The van der Waals surface area contributed by atoms with Gasteiger partial charge in [0.1, 0.15) is 0 Å². The first-order valence-corrected chi connectivity index (χ1v) is 8.18. The lowest BCUT2D eigenvalue weighted by molar-refractivity contribution is -0.121. The van der Waals surface area contributed by atoms with Crippen LogP contribution in [0.5, 0.6) is 0 Å². The molecule has 0 spiro atoms. The van der Waals surface area contributed by atoms with E-state index in [1.54, 1.807) is 0 Å². The molecular formula is C19H24N4O2. The van der Waals surface area contributed by atoms with E-state index in [0.29, 0.717) is 18.7 Å². The third kappa shape index (κ3) is 5.84. The Bertz CT molecular complexity index is 728. The zero-order chi connectivity index (χ0) is 18.2. The lowest BCUT2D eigenvalue weighted by Crippen LogP contribution is -2.37. The summed E-state index contributed by atoms with van der Waals surface area (Å²) >= 11 is 0. The van der Waals surface area contributed by atoms with Gasteiger partial charge in [-0.25, -0.2) is 4.79 Å². The summed E-state index contributed by atoms with van der Waals surface area (Å²) in [5.41, 5.74) is 14.6. The minimum absolute atomic E-state index is 0.134. The van der Waals surface area contributed by atoms with Crippen molar-refractivity contribution in [1.29, 1.82) is 0 Å². The Hall–Kier alpha value is -3.02. The first kappa shape index (κ1) is 18.3. The van der Waals surface area contributed by atoms with E-state index in [-0.39, 0.29) is 12.3 Å².